The molecule has 2 amide bonds. The zero-order valence-electron chi connectivity index (χ0n) is 19.8. The first-order chi connectivity index (χ1) is 16.5. The van der Waals surface area contributed by atoms with Crippen molar-refractivity contribution in [2.24, 2.45) is 5.92 Å². The van der Waals surface area contributed by atoms with E-state index in [4.69, 9.17) is 0 Å². The fraction of sp³-hybridized carbons (Fsp3) is 0.267. The van der Waals surface area contributed by atoms with Crippen molar-refractivity contribution in [2.45, 2.75) is 33.1 Å². The van der Waals surface area contributed by atoms with E-state index in [1.165, 1.54) is 10.5 Å². The zero-order chi connectivity index (χ0) is 23.7. The Kier molecular flexibility index (Phi) is 6.06. The standard InChI is InChI=1S/C30H30N2O2/c1-21-13-14-26(22(2)19-21)32-29(33)27(25-11-7-4-8-12-25)28(30(32)34)31-17-15-24(16-18-31)20-23-9-5-3-6-10-23/h3-14,19,24H,15-18,20H2,1-2H3. The molecule has 0 saturated carbocycles. The lowest BCUT2D eigenvalue weighted by Gasteiger charge is -2.34. The number of hydrogen-bond acceptors (Lipinski definition) is 3. The Morgan fingerprint density at radius 3 is 2.09 bits per heavy atom. The Balaban J connectivity index is 1.45. The zero-order valence-corrected chi connectivity index (χ0v) is 19.8. The third-order valence-electron chi connectivity index (χ3n) is 7.01. The van der Waals surface area contributed by atoms with Gasteiger partial charge in [-0.2, -0.15) is 0 Å². The molecule has 5 rings (SSSR count). The van der Waals surface area contributed by atoms with Gasteiger partial charge in [-0.25, -0.2) is 4.90 Å². The normalized spacial score (nSPS) is 17.1. The number of imide groups is 1. The van der Waals surface area contributed by atoms with Gasteiger partial charge in [0.2, 0.25) is 0 Å². The predicted octanol–water partition coefficient (Wildman–Crippen LogP) is 5.54. The number of hydrogen-bond donors (Lipinski definition) is 0. The van der Waals surface area contributed by atoms with Crippen LogP contribution in [-0.2, 0) is 16.0 Å². The Morgan fingerprint density at radius 2 is 1.44 bits per heavy atom. The maximum Gasteiger partial charge on any atom is 0.282 e. The number of amides is 2. The quantitative estimate of drug-likeness (QED) is 0.479. The molecular formula is C30H30N2O2. The molecule has 0 radical (unpaired) electrons. The molecule has 0 unspecified atom stereocenters. The van der Waals surface area contributed by atoms with E-state index in [0.29, 0.717) is 22.9 Å². The second-order valence-electron chi connectivity index (χ2n) is 9.45. The lowest BCUT2D eigenvalue weighted by atomic mass is 9.89. The number of anilines is 1. The van der Waals surface area contributed by atoms with Crippen LogP contribution in [-0.4, -0.2) is 29.8 Å². The van der Waals surface area contributed by atoms with Gasteiger partial charge >= 0.3 is 0 Å². The molecule has 4 nitrogen and oxygen atoms in total. The van der Waals surface area contributed by atoms with E-state index in [1.807, 2.05) is 68.4 Å². The number of nitrogens with zero attached hydrogens (tertiary/aromatic N) is 2. The van der Waals surface area contributed by atoms with Crippen molar-refractivity contribution in [3.63, 3.8) is 0 Å². The number of carbonyl (C=O) groups is 2. The largest absolute Gasteiger partial charge is 0.366 e. The summed E-state index contributed by atoms with van der Waals surface area (Å²) in [4.78, 5) is 31.1. The molecule has 2 heterocycles. The first-order valence-corrected chi connectivity index (χ1v) is 12.1. The van der Waals surface area contributed by atoms with Gasteiger partial charge in [0.15, 0.2) is 0 Å². The van der Waals surface area contributed by atoms with Gasteiger partial charge in [-0.1, -0.05) is 78.4 Å². The summed E-state index contributed by atoms with van der Waals surface area (Å²) in [6, 6.07) is 26.1. The van der Waals surface area contributed by atoms with E-state index < -0.39 is 0 Å². The highest BCUT2D eigenvalue weighted by atomic mass is 16.2. The van der Waals surface area contributed by atoms with Gasteiger partial charge < -0.3 is 4.90 Å². The Hall–Kier alpha value is -3.66. The highest BCUT2D eigenvalue weighted by Crippen LogP contribution is 2.37. The molecule has 1 saturated heterocycles. The van der Waals surface area contributed by atoms with Crippen LogP contribution in [0, 0.1) is 19.8 Å². The Labute approximate surface area is 201 Å². The minimum atomic E-state index is -0.232. The molecule has 4 heteroatoms. The van der Waals surface area contributed by atoms with Gasteiger partial charge in [0.1, 0.15) is 5.70 Å². The first-order valence-electron chi connectivity index (χ1n) is 12.1. The van der Waals surface area contributed by atoms with Gasteiger partial charge in [0, 0.05) is 13.1 Å². The van der Waals surface area contributed by atoms with Gasteiger partial charge in [-0.3, -0.25) is 9.59 Å². The summed E-state index contributed by atoms with van der Waals surface area (Å²) in [7, 11) is 0. The fourth-order valence-corrected chi connectivity index (χ4v) is 5.26. The molecule has 2 aliphatic heterocycles. The van der Waals surface area contributed by atoms with E-state index in [9.17, 15) is 9.59 Å². The highest BCUT2D eigenvalue weighted by Gasteiger charge is 2.43. The summed E-state index contributed by atoms with van der Waals surface area (Å²) in [6.45, 7) is 5.53. The van der Waals surface area contributed by atoms with E-state index in [2.05, 4.69) is 29.2 Å². The van der Waals surface area contributed by atoms with Crippen LogP contribution < -0.4 is 4.90 Å². The van der Waals surface area contributed by atoms with Crippen LogP contribution in [0.4, 0.5) is 5.69 Å². The van der Waals surface area contributed by atoms with E-state index >= 15 is 0 Å². The summed E-state index contributed by atoms with van der Waals surface area (Å²) in [6.07, 6.45) is 3.07. The summed E-state index contributed by atoms with van der Waals surface area (Å²) < 4.78 is 0. The predicted molar refractivity (Wildman–Crippen MR) is 136 cm³/mol. The van der Waals surface area contributed by atoms with Crippen LogP contribution in [0.15, 0.2) is 84.6 Å². The van der Waals surface area contributed by atoms with Crippen molar-refractivity contribution in [3.05, 3.63) is 107 Å². The third-order valence-corrected chi connectivity index (χ3v) is 7.01. The van der Waals surface area contributed by atoms with Crippen LogP contribution >= 0.6 is 0 Å². The van der Waals surface area contributed by atoms with Crippen LogP contribution in [0.1, 0.15) is 35.1 Å². The molecule has 0 N–H and O–H groups in total. The molecule has 3 aromatic rings. The molecule has 0 bridgehead atoms. The third kappa shape index (κ3) is 4.16. The summed E-state index contributed by atoms with van der Waals surface area (Å²) in [5.74, 6) is 0.143. The van der Waals surface area contributed by atoms with Crippen LogP contribution in [0.25, 0.3) is 5.57 Å². The second-order valence-corrected chi connectivity index (χ2v) is 9.45. The summed E-state index contributed by atoms with van der Waals surface area (Å²) in [5, 5.41) is 0. The molecule has 3 aromatic carbocycles. The molecule has 0 atom stereocenters. The van der Waals surface area contributed by atoms with Gasteiger partial charge in [0.25, 0.3) is 11.8 Å². The Morgan fingerprint density at radius 1 is 0.794 bits per heavy atom. The maximum atomic E-state index is 13.8. The summed E-state index contributed by atoms with van der Waals surface area (Å²) >= 11 is 0. The average Bonchev–Trinajstić information content (AvgIpc) is 3.11. The SMILES string of the molecule is Cc1ccc(N2C(=O)C(c3ccccc3)=C(N3CCC(Cc4ccccc4)CC3)C2=O)c(C)c1. The van der Waals surface area contributed by atoms with Crippen molar-refractivity contribution in [3.8, 4) is 0 Å². The van der Waals surface area contributed by atoms with Crippen LogP contribution in [0.3, 0.4) is 0 Å². The molecular weight excluding hydrogens is 420 g/mol. The van der Waals surface area contributed by atoms with Gasteiger partial charge in [-0.15, -0.1) is 0 Å². The minimum absolute atomic E-state index is 0.211. The second kappa shape index (κ2) is 9.30. The van der Waals surface area contributed by atoms with E-state index in [0.717, 1.165) is 49.0 Å². The highest BCUT2D eigenvalue weighted by molar-refractivity contribution is 6.45. The smallest absolute Gasteiger partial charge is 0.282 e. The molecule has 0 aliphatic carbocycles. The van der Waals surface area contributed by atoms with E-state index in [-0.39, 0.29) is 11.8 Å². The van der Waals surface area contributed by atoms with Gasteiger partial charge in [0.05, 0.1) is 11.3 Å². The lowest BCUT2D eigenvalue weighted by molar-refractivity contribution is -0.120. The van der Waals surface area contributed by atoms with Crippen LogP contribution in [0.2, 0.25) is 0 Å². The number of carbonyl (C=O) groups excluding carboxylic acids is 2. The van der Waals surface area contributed by atoms with E-state index in [1.54, 1.807) is 0 Å². The van der Waals surface area contributed by atoms with Gasteiger partial charge in [-0.05, 0) is 61.8 Å². The van der Waals surface area contributed by atoms with Crippen molar-refractivity contribution < 1.29 is 9.59 Å². The van der Waals surface area contributed by atoms with Crippen LogP contribution in [0.5, 0.6) is 0 Å². The molecule has 0 aromatic heterocycles. The maximum absolute atomic E-state index is 13.8. The number of benzene rings is 3. The summed E-state index contributed by atoms with van der Waals surface area (Å²) in [5.41, 5.74) is 5.94. The molecule has 1 fully saturated rings. The van der Waals surface area contributed by atoms with Crippen molar-refractivity contribution >= 4 is 23.1 Å². The number of aryl methyl sites for hydroxylation is 2. The molecule has 2 aliphatic rings. The van der Waals surface area contributed by atoms with Crippen molar-refractivity contribution in [1.29, 1.82) is 0 Å². The minimum Gasteiger partial charge on any atom is -0.366 e. The lowest BCUT2D eigenvalue weighted by Crippen LogP contribution is -2.39. The topological polar surface area (TPSA) is 40.6 Å². The average molecular weight is 451 g/mol. The Bertz CT molecular complexity index is 1240. The van der Waals surface area contributed by atoms with Crippen molar-refractivity contribution in [2.75, 3.05) is 18.0 Å². The first kappa shape index (κ1) is 22.1. The molecule has 172 valence electrons. The molecule has 0 spiro atoms. The monoisotopic (exact) mass is 450 g/mol. The number of likely N-dealkylation sites (tertiary alicyclic amines) is 1. The number of piperidine rings is 1. The fourth-order valence-electron chi connectivity index (χ4n) is 5.26. The van der Waals surface area contributed by atoms with Crippen molar-refractivity contribution in [1.82, 2.24) is 4.90 Å². The number of rotatable bonds is 5. The molecule has 34 heavy (non-hydrogen) atoms.